The molecule has 0 amide bonds. The van der Waals surface area contributed by atoms with E-state index in [2.05, 4.69) is 79.0 Å². The van der Waals surface area contributed by atoms with Gasteiger partial charge >= 0.3 is 0 Å². The van der Waals surface area contributed by atoms with Crippen LogP contribution < -0.4 is 10.6 Å². The van der Waals surface area contributed by atoms with Gasteiger partial charge in [0.2, 0.25) is 0 Å². The number of piperidine rings is 1. The normalized spacial score (nSPS) is 18.1. The lowest BCUT2D eigenvalue weighted by Crippen LogP contribution is -2.29. The Balaban J connectivity index is 1.67. The van der Waals surface area contributed by atoms with E-state index in [-0.39, 0.29) is 5.41 Å². The van der Waals surface area contributed by atoms with Crippen LogP contribution in [0.1, 0.15) is 50.8 Å². The summed E-state index contributed by atoms with van der Waals surface area (Å²) >= 11 is 1.87. The maximum Gasteiger partial charge on any atom is 0.149 e. The lowest BCUT2D eigenvalue weighted by Gasteiger charge is -2.31. The first kappa shape index (κ1) is 21.0. The molecule has 1 aliphatic heterocycles. The molecule has 1 unspecified atom stereocenters. The van der Waals surface area contributed by atoms with Gasteiger partial charge in [-0.15, -0.1) is 0 Å². The number of benzene rings is 1. The molecule has 0 bridgehead atoms. The maximum absolute atomic E-state index is 4.96. The van der Waals surface area contributed by atoms with Gasteiger partial charge in [-0.05, 0) is 61.4 Å². The molecule has 0 aliphatic carbocycles. The molecule has 0 spiro atoms. The van der Waals surface area contributed by atoms with E-state index in [0.717, 1.165) is 31.1 Å². The zero-order valence-electron chi connectivity index (χ0n) is 17.9. The summed E-state index contributed by atoms with van der Waals surface area (Å²) in [5.41, 5.74) is 3.83. The Hall–Kier alpha value is -1.72. The van der Waals surface area contributed by atoms with E-state index in [0.29, 0.717) is 5.92 Å². The Morgan fingerprint density at radius 2 is 1.89 bits per heavy atom. The highest BCUT2D eigenvalue weighted by Gasteiger charge is 2.24. The van der Waals surface area contributed by atoms with Crippen molar-refractivity contribution in [3.63, 3.8) is 0 Å². The maximum atomic E-state index is 4.96. The smallest absolute Gasteiger partial charge is 0.149 e. The number of hydrogen-bond acceptors (Lipinski definition) is 5. The predicted octanol–water partition coefficient (Wildman–Crippen LogP) is 5.78. The lowest BCUT2D eigenvalue weighted by molar-refractivity contribution is 0.339. The van der Waals surface area contributed by atoms with E-state index in [1.807, 2.05) is 19.0 Å². The molecule has 1 atom stereocenters. The lowest BCUT2D eigenvalue weighted by atomic mass is 9.95. The van der Waals surface area contributed by atoms with Crippen LogP contribution >= 0.6 is 11.9 Å². The van der Waals surface area contributed by atoms with Gasteiger partial charge in [0.15, 0.2) is 0 Å². The third-order valence-corrected chi connectivity index (χ3v) is 6.09. The molecule has 2 N–H and O–H groups in total. The van der Waals surface area contributed by atoms with Crippen LogP contribution in [0, 0.1) is 12.3 Å². The van der Waals surface area contributed by atoms with Gasteiger partial charge in [-0.25, -0.2) is 9.29 Å². The van der Waals surface area contributed by atoms with E-state index in [1.54, 1.807) is 0 Å². The number of pyridine rings is 1. The Morgan fingerprint density at radius 1 is 1.14 bits per heavy atom. The summed E-state index contributed by atoms with van der Waals surface area (Å²) < 4.78 is 2.49. The van der Waals surface area contributed by atoms with Gasteiger partial charge < -0.3 is 10.6 Å². The molecule has 0 saturated carbocycles. The summed E-state index contributed by atoms with van der Waals surface area (Å²) in [6, 6.07) is 13.2. The van der Waals surface area contributed by atoms with Crippen molar-refractivity contribution < 1.29 is 0 Å². The van der Waals surface area contributed by atoms with E-state index in [1.165, 1.54) is 29.0 Å². The molecule has 1 aliphatic rings. The minimum Gasteiger partial charge on any atom is -0.382 e. The van der Waals surface area contributed by atoms with E-state index >= 15 is 0 Å². The summed E-state index contributed by atoms with van der Waals surface area (Å²) in [6.45, 7) is 12.0. The van der Waals surface area contributed by atoms with Crippen molar-refractivity contribution in [1.82, 2.24) is 9.29 Å². The van der Waals surface area contributed by atoms with Crippen molar-refractivity contribution in [3.8, 4) is 0 Å². The standard InChI is InChI=1S/C23H34N4S/c1-17-8-10-19(11-9-17)28-27-14-6-7-18(15-27)20-12-13-21(22(24-5)26-20)25-16-23(2,3)4/h8-13,18,25H,6-7,14-16H2,1-5H3,(H,24,26). The summed E-state index contributed by atoms with van der Waals surface area (Å²) in [5, 5.41) is 6.82. The number of aromatic nitrogens is 1. The molecule has 28 heavy (non-hydrogen) atoms. The fraction of sp³-hybridized carbons (Fsp3) is 0.522. The number of nitrogens with one attached hydrogen (secondary N) is 2. The molecule has 4 nitrogen and oxygen atoms in total. The number of nitrogens with zero attached hydrogens (tertiary/aromatic N) is 2. The van der Waals surface area contributed by atoms with Crippen molar-refractivity contribution in [2.24, 2.45) is 5.41 Å². The minimum atomic E-state index is 0.237. The quantitative estimate of drug-likeness (QED) is 0.604. The third kappa shape index (κ3) is 5.89. The Labute approximate surface area is 174 Å². The van der Waals surface area contributed by atoms with Crippen LogP contribution in [0.3, 0.4) is 0 Å². The van der Waals surface area contributed by atoms with Gasteiger partial charge in [-0.1, -0.05) is 38.5 Å². The second-order valence-electron chi connectivity index (χ2n) is 8.93. The van der Waals surface area contributed by atoms with E-state index in [9.17, 15) is 0 Å². The molecule has 0 radical (unpaired) electrons. The Kier molecular flexibility index (Phi) is 6.89. The van der Waals surface area contributed by atoms with Crippen molar-refractivity contribution in [2.75, 3.05) is 37.3 Å². The van der Waals surface area contributed by atoms with Crippen LogP contribution in [0.2, 0.25) is 0 Å². The first-order valence-corrected chi connectivity index (χ1v) is 11.0. The van der Waals surface area contributed by atoms with Crippen LogP contribution in [-0.4, -0.2) is 36.0 Å². The minimum absolute atomic E-state index is 0.237. The van der Waals surface area contributed by atoms with Gasteiger partial charge in [0.25, 0.3) is 0 Å². The molecule has 1 saturated heterocycles. The Bertz CT molecular complexity index is 767. The molecule has 1 aromatic carbocycles. The molecule has 1 fully saturated rings. The molecule has 5 heteroatoms. The van der Waals surface area contributed by atoms with Crippen molar-refractivity contribution >= 4 is 23.5 Å². The molecule has 3 rings (SSSR count). The Morgan fingerprint density at radius 3 is 2.57 bits per heavy atom. The van der Waals surface area contributed by atoms with E-state index < -0.39 is 0 Å². The average molecular weight is 399 g/mol. The monoisotopic (exact) mass is 398 g/mol. The highest BCUT2D eigenvalue weighted by Crippen LogP contribution is 2.34. The molecule has 2 aromatic rings. The van der Waals surface area contributed by atoms with E-state index in [4.69, 9.17) is 4.98 Å². The van der Waals surface area contributed by atoms with Crippen LogP contribution in [0.25, 0.3) is 0 Å². The van der Waals surface area contributed by atoms with Gasteiger partial charge in [0.05, 0.1) is 5.69 Å². The largest absolute Gasteiger partial charge is 0.382 e. The molecule has 152 valence electrons. The van der Waals surface area contributed by atoms with Crippen LogP contribution in [0.5, 0.6) is 0 Å². The second kappa shape index (κ2) is 9.19. The molecule has 2 heterocycles. The van der Waals surface area contributed by atoms with Crippen molar-refractivity contribution in [1.29, 1.82) is 0 Å². The van der Waals surface area contributed by atoms with Gasteiger partial charge in [0, 0.05) is 43.2 Å². The summed E-state index contributed by atoms with van der Waals surface area (Å²) in [4.78, 5) is 6.28. The zero-order chi connectivity index (χ0) is 20.1. The highest BCUT2D eigenvalue weighted by atomic mass is 32.2. The predicted molar refractivity (Wildman–Crippen MR) is 122 cm³/mol. The summed E-state index contributed by atoms with van der Waals surface area (Å²) in [7, 11) is 1.95. The number of aryl methyl sites for hydroxylation is 1. The van der Waals surface area contributed by atoms with Crippen LogP contribution in [0.15, 0.2) is 41.3 Å². The van der Waals surface area contributed by atoms with Gasteiger partial charge in [-0.2, -0.15) is 0 Å². The first-order chi connectivity index (χ1) is 13.3. The number of rotatable bonds is 6. The highest BCUT2D eigenvalue weighted by molar-refractivity contribution is 7.97. The van der Waals surface area contributed by atoms with Gasteiger partial charge in [-0.3, -0.25) is 0 Å². The van der Waals surface area contributed by atoms with Crippen LogP contribution in [0.4, 0.5) is 11.5 Å². The fourth-order valence-electron chi connectivity index (χ4n) is 3.41. The summed E-state index contributed by atoms with van der Waals surface area (Å²) in [6.07, 6.45) is 2.42. The van der Waals surface area contributed by atoms with Crippen molar-refractivity contribution in [2.45, 2.75) is 51.3 Å². The molecule has 1 aromatic heterocycles. The zero-order valence-corrected chi connectivity index (χ0v) is 18.7. The molecular weight excluding hydrogens is 364 g/mol. The topological polar surface area (TPSA) is 40.2 Å². The van der Waals surface area contributed by atoms with Gasteiger partial charge in [0.1, 0.15) is 5.82 Å². The SMILES string of the molecule is CNc1nc(C2CCCN(Sc3ccc(C)cc3)C2)ccc1NCC(C)(C)C. The number of anilines is 2. The van der Waals surface area contributed by atoms with Crippen LogP contribution in [-0.2, 0) is 0 Å². The number of hydrogen-bond donors (Lipinski definition) is 2. The third-order valence-electron chi connectivity index (χ3n) is 5.02. The molecular formula is C23H34N4S. The fourth-order valence-corrected chi connectivity index (χ4v) is 4.44. The second-order valence-corrected chi connectivity index (χ2v) is 10.1. The summed E-state index contributed by atoms with van der Waals surface area (Å²) in [5.74, 6) is 1.43. The first-order valence-electron chi connectivity index (χ1n) is 10.3. The van der Waals surface area contributed by atoms with Crippen molar-refractivity contribution in [3.05, 3.63) is 47.7 Å². The average Bonchev–Trinajstić information content (AvgIpc) is 2.67.